The number of nitrogens with one attached hydrogen (secondary N) is 1. The van der Waals surface area contributed by atoms with Crippen molar-refractivity contribution >= 4 is 38.9 Å². The first-order valence-corrected chi connectivity index (χ1v) is 11.0. The van der Waals surface area contributed by atoms with Crippen LogP contribution in [0.3, 0.4) is 0 Å². The largest absolute Gasteiger partial charge is 0.424 e. The van der Waals surface area contributed by atoms with Gasteiger partial charge in [-0.3, -0.25) is 4.79 Å². The summed E-state index contributed by atoms with van der Waals surface area (Å²) < 4.78 is 5.60. The van der Waals surface area contributed by atoms with E-state index >= 15 is 0 Å². The number of rotatable bonds is 6. The average molecular weight is 437 g/mol. The van der Waals surface area contributed by atoms with Crippen molar-refractivity contribution < 1.29 is 9.21 Å². The molecule has 0 aliphatic heterocycles. The molecule has 4 aromatic heterocycles. The lowest BCUT2D eigenvalue weighted by atomic mass is 10.3. The molecule has 8 nitrogen and oxygen atoms in total. The molecule has 0 bridgehead atoms. The Kier molecular flexibility index (Phi) is 4.56. The predicted molar refractivity (Wildman–Crippen MR) is 112 cm³/mol. The number of aryl methyl sites for hydroxylation is 1. The van der Waals surface area contributed by atoms with Gasteiger partial charge in [-0.25, -0.2) is 9.97 Å². The number of hydrogen-bond acceptors (Lipinski definition) is 9. The minimum atomic E-state index is -0.700. The Labute approximate surface area is 179 Å². The summed E-state index contributed by atoms with van der Waals surface area (Å²) >= 11 is 3.20. The fourth-order valence-corrected chi connectivity index (χ4v) is 4.81. The highest BCUT2D eigenvalue weighted by molar-refractivity contribution is 7.18. The number of hydrogen-bond donors (Lipinski definition) is 1. The Morgan fingerprint density at radius 3 is 2.77 bits per heavy atom. The third-order valence-corrected chi connectivity index (χ3v) is 6.75. The molecule has 1 aliphatic carbocycles. The molecule has 4 heterocycles. The lowest BCUT2D eigenvalue weighted by molar-refractivity contribution is -0.121. The van der Waals surface area contributed by atoms with Crippen LogP contribution in [0.15, 0.2) is 28.7 Å². The van der Waals surface area contributed by atoms with Crippen LogP contribution in [0.1, 0.15) is 34.5 Å². The molecule has 150 valence electrons. The van der Waals surface area contributed by atoms with Gasteiger partial charge in [0.1, 0.15) is 27.3 Å². The van der Waals surface area contributed by atoms with Crippen LogP contribution in [0.2, 0.25) is 0 Å². The number of thiazole rings is 1. The second kappa shape index (κ2) is 7.27. The van der Waals surface area contributed by atoms with Crippen molar-refractivity contribution in [3.63, 3.8) is 0 Å². The van der Waals surface area contributed by atoms with Crippen molar-refractivity contribution in [2.24, 2.45) is 0 Å². The predicted octanol–water partition coefficient (Wildman–Crippen LogP) is 3.42. The summed E-state index contributed by atoms with van der Waals surface area (Å²) in [5.74, 6) is 0.336. The molecule has 1 fully saturated rings. The zero-order chi connectivity index (χ0) is 20.7. The minimum Gasteiger partial charge on any atom is -0.424 e. The van der Waals surface area contributed by atoms with Gasteiger partial charge in [-0.15, -0.1) is 21.5 Å². The van der Waals surface area contributed by atoms with Crippen molar-refractivity contribution in [2.45, 2.75) is 38.1 Å². The van der Waals surface area contributed by atoms with Gasteiger partial charge in [-0.1, -0.05) is 11.3 Å². The molecule has 5 rings (SSSR count). The average Bonchev–Trinajstić information content (AvgIpc) is 3.05. The Morgan fingerprint density at radius 2 is 2.03 bits per heavy atom. The van der Waals surface area contributed by atoms with Crippen LogP contribution in [0, 0.1) is 18.3 Å². The summed E-state index contributed by atoms with van der Waals surface area (Å²) in [5.41, 5.74) is 1.07. The fraction of sp³-hybridized carbons (Fsp3) is 0.300. The van der Waals surface area contributed by atoms with Gasteiger partial charge in [0.25, 0.3) is 0 Å². The van der Waals surface area contributed by atoms with E-state index < -0.39 is 5.54 Å². The van der Waals surface area contributed by atoms with Crippen LogP contribution in [0.5, 0.6) is 0 Å². The molecule has 30 heavy (non-hydrogen) atoms. The summed E-state index contributed by atoms with van der Waals surface area (Å²) in [6, 6.07) is 10.2. The van der Waals surface area contributed by atoms with Gasteiger partial charge in [-0.2, -0.15) is 5.26 Å². The molecule has 0 atom stereocenters. The second-order valence-electron chi connectivity index (χ2n) is 7.22. The van der Waals surface area contributed by atoms with Crippen LogP contribution < -0.4 is 5.32 Å². The van der Waals surface area contributed by atoms with Gasteiger partial charge < -0.3 is 9.73 Å². The first-order valence-electron chi connectivity index (χ1n) is 9.39. The lowest BCUT2D eigenvalue weighted by Crippen LogP contribution is -2.36. The Balaban J connectivity index is 1.28. The quantitative estimate of drug-likeness (QED) is 0.492. The van der Waals surface area contributed by atoms with E-state index in [0.717, 1.165) is 25.9 Å². The molecule has 1 saturated carbocycles. The molecule has 0 spiro atoms. The summed E-state index contributed by atoms with van der Waals surface area (Å²) in [6.45, 7) is 2.08. The Hall–Kier alpha value is -3.16. The monoisotopic (exact) mass is 436 g/mol. The molecule has 0 unspecified atom stereocenters. The van der Waals surface area contributed by atoms with Crippen molar-refractivity contribution in [3.05, 3.63) is 45.9 Å². The van der Waals surface area contributed by atoms with E-state index in [2.05, 4.69) is 45.6 Å². The first-order chi connectivity index (χ1) is 14.5. The van der Waals surface area contributed by atoms with Gasteiger partial charge in [0.05, 0.1) is 23.1 Å². The number of amides is 1. The van der Waals surface area contributed by atoms with E-state index in [1.54, 1.807) is 11.3 Å². The normalized spacial score (nSPS) is 14.5. The van der Waals surface area contributed by atoms with Crippen molar-refractivity contribution in [1.82, 2.24) is 25.5 Å². The zero-order valence-electron chi connectivity index (χ0n) is 16.0. The molecule has 1 amide bonds. The summed E-state index contributed by atoms with van der Waals surface area (Å²) in [5, 5.41) is 20.6. The number of pyridine rings is 1. The number of aromatic nitrogens is 4. The number of carbonyl (C=O) groups is 1. The molecular weight excluding hydrogens is 420 g/mol. The highest BCUT2D eigenvalue weighted by Gasteiger charge is 2.44. The van der Waals surface area contributed by atoms with Crippen LogP contribution in [0.4, 0.5) is 0 Å². The number of nitriles is 1. The van der Waals surface area contributed by atoms with E-state index in [1.165, 1.54) is 16.2 Å². The third kappa shape index (κ3) is 3.81. The SMILES string of the molecule is Cc1ccc(-c2ccc3nc(Cc4nnc(CC(=O)NC5(C#N)CC5)o4)sc3n2)s1. The van der Waals surface area contributed by atoms with Crippen molar-refractivity contribution in [2.75, 3.05) is 0 Å². The van der Waals surface area contributed by atoms with Gasteiger partial charge in [0, 0.05) is 4.88 Å². The summed E-state index contributed by atoms with van der Waals surface area (Å²) in [6.07, 6.45) is 1.71. The maximum Gasteiger partial charge on any atom is 0.230 e. The summed E-state index contributed by atoms with van der Waals surface area (Å²) in [4.78, 5) is 24.6. The third-order valence-electron chi connectivity index (χ3n) is 4.76. The fourth-order valence-electron chi connectivity index (χ4n) is 3.05. The Morgan fingerprint density at radius 1 is 1.20 bits per heavy atom. The van der Waals surface area contributed by atoms with E-state index in [0.29, 0.717) is 25.2 Å². The highest BCUT2D eigenvalue weighted by Crippen LogP contribution is 2.34. The van der Waals surface area contributed by atoms with E-state index in [9.17, 15) is 4.79 Å². The van der Waals surface area contributed by atoms with Crippen molar-refractivity contribution in [3.8, 4) is 16.6 Å². The molecule has 1 aliphatic rings. The molecule has 0 aromatic carbocycles. The lowest BCUT2D eigenvalue weighted by Gasteiger charge is -2.06. The van der Waals surface area contributed by atoms with Crippen molar-refractivity contribution in [1.29, 1.82) is 5.26 Å². The van der Waals surface area contributed by atoms with Gasteiger partial charge in [0.2, 0.25) is 17.7 Å². The molecule has 4 aromatic rings. The van der Waals surface area contributed by atoms with Crippen LogP contribution in [-0.4, -0.2) is 31.6 Å². The molecule has 10 heteroatoms. The van der Waals surface area contributed by atoms with Crippen LogP contribution in [-0.2, 0) is 17.6 Å². The second-order valence-corrected chi connectivity index (χ2v) is 9.57. The number of nitrogens with zero attached hydrogens (tertiary/aromatic N) is 5. The molecule has 1 N–H and O–H groups in total. The summed E-state index contributed by atoms with van der Waals surface area (Å²) in [7, 11) is 0. The maximum atomic E-state index is 12.1. The number of thiophene rings is 1. The number of carbonyl (C=O) groups excluding carboxylic acids is 1. The van der Waals surface area contributed by atoms with Gasteiger partial charge in [-0.05, 0) is 44.0 Å². The van der Waals surface area contributed by atoms with E-state index in [-0.39, 0.29) is 18.2 Å². The number of fused-ring (bicyclic) bond motifs is 1. The zero-order valence-corrected chi connectivity index (χ0v) is 17.6. The molecular formula is C20H16N6O2S2. The highest BCUT2D eigenvalue weighted by atomic mass is 32.1. The topological polar surface area (TPSA) is 118 Å². The van der Waals surface area contributed by atoms with Crippen LogP contribution >= 0.6 is 22.7 Å². The van der Waals surface area contributed by atoms with Gasteiger partial charge >= 0.3 is 0 Å². The standard InChI is InChI=1S/C20H16N6O2S2/c1-11-2-5-14(29-11)12-3-4-13-19(23-12)30-18(22-13)9-17-26-25-16(28-17)8-15(27)24-20(10-21)6-7-20/h2-5H,6-9H2,1H3,(H,24,27). The van der Waals surface area contributed by atoms with Gasteiger partial charge in [0.15, 0.2) is 0 Å². The molecule has 0 radical (unpaired) electrons. The first kappa shape index (κ1) is 18.8. The van der Waals surface area contributed by atoms with E-state index in [4.69, 9.17) is 14.7 Å². The minimum absolute atomic E-state index is 0.0403. The van der Waals surface area contributed by atoms with Crippen LogP contribution in [0.25, 0.3) is 20.9 Å². The maximum absolute atomic E-state index is 12.1. The Bertz CT molecular complexity index is 1290. The van der Waals surface area contributed by atoms with E-state index in [1.807, 2.05) is 12.1 Å². The molecule has 0 saturated heterocycles. The smallest absolute Gasteiger partial charge is 0.230 e.